The molecule has 0 spiro atoms. The third-order valence-corrected chi connectivity index (χ3v) is 20.8. The number of aliphatic hydroxyl groups excluding tert-OH is 1. The quantitative estimate of drug-likeness (QED) is 0.00744. The summed E-state index contributed by atoms with van der Waals surface area (Å²) in [6, 6.07) is -1.31. The number of unbranched alkanes of at least 4 members (excludes halogenated alkanes) is 1. The van der Waals surface area contributed by atoms with Gasteiger partial charge in [-0.05, 0) is 106 Å². The van der Waals surface area contributed by atoms with Crippen LogP contribution in [0, 0.1) is 5.41 Å². The van der Waals surface area contributed by atoms with Gasteiger partial charge in [-0.25, -0.2) is 0 Å². The van der Waals surface area contributed by atoms with Crippen LogP contribution in [0.25, 0.3) is 21.8 Å². The Kier molecular flexibility index (Phi) is 44.8. The van der Waals surface area contributed by atoms with Crippen molar-refractivity contribution in [1.82, 2.24) is 89.3 Å². The van der Waals surface area contributed by atoms with Crippen molar-refractivity contribution < 1.29 is 111 Å². The molecule has 49 heteroatoms. The number of carbonyl (C=O) groups is 19. The molecule has 13 atom stereocenters. The molecule has 0 saturated heterocycles. The molecule has 3 aromatic carbocycles. The number of ether oxygens (including phenoxy) is 1. The van der Waals surface area contributed by atoms with E-state index in [1.165, 1.54) is 36.7 Å². The fraction of sp³-hybridized carbons (Fsp3) is 0.481. The number of aromatic hydroxyl groups is 1. The first-order valence-electron chi connectivity index (χ1n) is 41.2. The van der Waals surface area contributed by atoms with Crippen LogP contribution in [-0.2, 0) is 115 Å². The number of benzene rings is 3. The number of thiol groups is 2. The minimum atomic E-state index is -1.94. The number of aromatic nitrogens is 2. The van der Waals surface area contributed by atoms with E-state index in [2.05, 4.69) is 110 Å². The fourth-order valence-corrected chi connectivity index (χ4v) is 13.8. The van der Waals surface area contributed by atoms with E-state index in [4.69, 9.17) is 44.5 Å². The van der Waals surface area contributed by atoms with Gasteiger partial charge in [0.05, 0.1) is 25.7 Å². The molecule has 2 aromatic heterocycles. The molecule has 710 valence electrons. The number of likely N-dealkylation sites (N-methyl/N-ethyl adjacent to an activating group) is 1. The Morgan fingerprint density at radius 2 is 0.946 bits per heavy atom. The van der Waals surface area contributed by atoms with Crippen LogP contribution in [0.2, 0.25) is 0 Å². The smallest absolute Gasteiger partial charge is 0.303 e. The van der Waals surface area contributed by atoms with Crippen molar-refractivity contribution in [3.63, 3.8) is 0 Å². The number of rotatable bonds is 59. The summed E-state index contributed by atoms with van der Waals surface area (Å²) in [5.41, 5.74) is 35.1. The Balaban J connectivity index is 1.45. The SMILES string of the molecule is CC(=O)N[C@@H](CS)C(=O)N[C@@H](CCC(N)=O)C(=O)N[C@H](C(=O)N[C@@H](Cc1c[nH]c2ccccc12)C(=O)N[C@@H](CCC(N)=O)C(=O)N[C@@H](CS)C(=O)N[C@@H](Cc1ccc(O)cc1)C(=O)N[C@@H](Cc1c[nH]c2ccccc12)C(=O)N(C)[C@@H](CCCNC(=N)N)C(=O)N[C@@H](CCC(=O)O)C(=O)N[C@@H](CC(N)=O)C(=O)NCC(=O)NCCOCC(=O)N[C@H](CCCCN)C(N)=O)[C@@H](C)O. The number of carboxylic acids is 1. The van der Waals surface area contributed by atoms with Crippen LogP contribution in [0.3, 0.4) is 0 Å². The molecule has 130 heavy (non-hydrogen) atoms. The highest BCUT2D eigenvalue weighted by Crippen LogP contribution is 2.24. The number of guanidine groups is 1. The number of nitrogens with zero attached hydrogens (tertiary/aromatic N) is 1. The molecule has 5 aromatic rings. The normalized spacial score (nSPS) is 14.1. The molecule has 18 amide bonds. The van der Waals surface area contributed by atoms with Crippen LogP contribution in [-0.4, -0.2) is 285 Å². The number of para-hydroxylation sites is 2. The Morgan fingerprint density at radius 3 is 1.45 bits per heavy atom. The molecule has 0 saturated carbocycles. The van der Waals surface area contributed by atoms with Crippen LogP contribution < -0.4 is 109 Å². The highest BCUT2D eigenvalue weighted by atomic mass is 32.1. The van der Waals surface area contributed by atoms with Crippen molar-refractivity contribution in [2.24, 2.45) is 34.4 Å². The van der Waals surface area contributed by atoms with Crippen LogP contribution in [0.1, 0.15) is 108 Å². The largest absolute Gasteiger partial charge is 0.508 e. The van der Waals surface area contributed by atoms with E-state index in [9.17, 15) is 92.0 Å². The Hall–Kier alpha value is -13.7. The van der Waals surface area contributed by atoms with Gasteiger partial charge < -0.3 is 144 Å². The van der Waals surface area contributed by atoms with Crippen LogP contribution in [0.4, 0.5) is 0 Å². The third-order valence-electron chi connectivity index (χ3n) is 20.1. The first kappa shape index (κ1) is 107. The number of carbonyl (C=O) groups excluding carboxylic acids is 18. The topological polar surface area (TPSA) is 777 Å². The number of amides is 18. The molecule has 0 aliphatic carbocycles. The van der Waals surface area contributed by atoms with Crippen molar-refractivity contribution in [3.05, 3.63) is 102 Å². The molecule has 0 aliphatic heterocycles. The number of nitrogens with one attached hydrogen (secondary N) is 17. The summed E-state index contributed by atoms with van der Waals surface area (Å²) in [5.74, 6) is -21.4. The summed E-state index contributed by atoms with van der Waals surface area (Å²) in [7, 11) is 1.15. The maximum absolute atomic E-state index is 15.6. The number of nitrogens with two attached hydrogens (primary N) is 6. The van der Waals surface area contributed by atoms with E-state index < -0.39 is 274 Å². The van der Waals surface area contributed by atoms with Crippen molar-refractivity contribution in [3.8, 4) is 5.75 Å². The zero-order chi connectivity index (χ0) is 96.4. The second-order valence-corrected chi connectivity index (χ2v) is 31.1. The van der Waals surface area contributed by atoms with Gasteiger partial charge in [0.15, 0.2) is 5.96 Å². The van der Waals surface area contributed by atoms with Gasteiger partial charge in [-0.3, -0.25) is 96.5 Å². The molecule has 0 unspecified atom stereocenters. The average molecular weight is 1860 g/mol. The van der Waals surface area contributed by atoms with Crippen LogP contribution >= 0.6 is 25.3 Å². The van der Waals surface area contributed by atoms with Crippen molar-refractivity contribution >= 4 is 165 Å². The van der Waals surface area contributed by atoms with Gasteiger partial charge in [0.2, 0.25) is 106 Å². The van der Waals surface area contributed by atoms with Gasteiger partial charge in [-0.2, -0.15) is 25.3 Å². The zero-order valence-electron chi connectivity index (χ0n) is 71.7. The van der Waals surface area contributed by atoms with Crippen molar-refractivity contribution in [1.29, 1.82) is 5.41 Å². The molecule has 0 radical (unpaired) electrons. The van der Waals surface area contributed by atoms with Crippen molar-refractivity contribution in [2.75, 3.05) is 57.9 Å². The number of primary amides is 4. The van der Waals surface area contributed by atoms with Gasteiger partial charge in [0.1, 0.15) is 84.9 Å². The van der Waals surface area contributed by atoms with E-state index in [0.29, 0.717) is 52.3 Å². The van der Waals surface area contributed by atoms with Crippen LogP contribution in [0.5, 0.6) is 5.75 Å². The second-order valence-electron chi connectivity index (χ2n) is 30.3. The lowest BCUT2D eigenvalue weighted by Crippen LogP contribution is -2.62. The average Bonchev–Trinajstić information content (AvgIpc) is 1.57. The van der Waals surface area contributed by atoms with E-state index >= 15 is 14.4 Å². The minimum absolute atomic E-state index is 0.0771. The number of aliphatic carboxylic acids is 1. The number of carboxylic acid groups (broad SMARTS) is 1. The summed E-state index contributed by atoms with van der Waals surface area (Å²) < 4.78 is 5.27. The third kappa shape index (κ3) is 36.6. The van der Waals surface area contributed by atoms with E-state index in [-0.39, 0.29) is 62.4 Å². The number of phenols is 1. The number of fused-ring (bicyclic) bond motifs is 2. The number of hydrogen-bond acceptors (Lipinski definition) is 26. The Morgan fingerprint density at radius 1 is 0.477 bits per heavy atom. The van der Waals surface area contributed by atoms with Gasteiger partial charge in [0.25, 0.3) is 0 Å². The molecule has 5 rings (SSSR count). The molecule has 0 bridgehead atoms. The lowest BCUT2D eigenvalue weighted by Gasteiger charge is -2.33. The molecule has 0 fully saturated rings. The number of aromatic amines is 2. The highest BCUT2D eigenvalue weighted by molar-refractivity contribution is 7.80. The zero-order valence-corrected chi connectivity index (χ0v) is 73.5. The molecule has 2 heterocycles. The first-order valence-corrected chi connectivity index (χ1v) is 42.5. The molecule has 0 aliphatic rings. The lowest BCUT2D eigenvalue weighted by molar-refractivity contribution is -0.143. The highest BCUT2D eigenvalue weighted by Gasteiger charge is 2.40. The fourth-order valence-electron chi connectivity index (χ4n) is 13.3. The standard InChI is InChI=1S/C81H116N24O23S2/c1-41(106)68(104-73(120)53(22-25-63(84)110)97-76(123)59(39-129)94-42(2)107)79(126)101-56(32-44-35-91-49-13-6-4-11-47(44)49)75(122)96-52(21-24-62(83)109)72(119)103-60(40-130)77(124)99-55(31-43-17-19-46(108)20-18-43)74(121)102-58(33-45-36-92-50-14-7-5-12-48(45)50)80(127)105(3)61(16-10-28-90-81(87)88)78(125)98-54(23-26-67(114)115)71(118)100-57(34-64(85)111)70(117)93-37-65(112)89-29-30-128-38-66(113)95-51(69(86)116)15-8-9-27-82/h4-7,11-14,17-20,35-36,41,51-61,68,91-92,106,108,129-130H,8-10,15-16,21-34,37-40,82H2,1-3H3,(H2,83,109)(H2,84,110)(H2,85,111)(H2,86,116)(H,89,112)(H,93,117)(H,94,107)(H,95,113)(H,96,122)(H,97,123)(H,98,125)(H,99,124)(H,100,118)(H,101,126)(H,102,121)(H,103,119)(H,104,120)(H,114,115)(H4,87,88,90)/t41-,51-,52+,53+,54+,55+,56+,57+,58+,59+,60+,61+,68+/m1/s1. The van der Waals surface area contributed by atoms with Gasteiger partial charge >= 0.3 is 5.97 Å². The second kappa shape index (κ2) is 54.5. The molecule has 47 nitrogen and oxygen atoms in total. The first-order chi connectivity index (χ1) is 61.6. The van der Waals surface area contributed by atoms with E-state index in [1.54, 1.807) is 48.5 Å². The summed E-state index contributed by atoms with van der Waals surface area (Å²) in [6.45, 7) is 0.731. The maximum atomic E-state index is 15.6. The Bertz CT molecular complexity index is 4820. The van der Waals surface area contributed by atoms with Crippen molar-refractivity contribution in [2.45, 2.75) is 189 Å². The van der Waals surface area contributed by atoms with Gasteiger partial charge in [-0.15, -0.1) is 0 Å². The number of phenolic OH excluding ortho intramolecular Hbond substituents is 1. The van der Waals surface area contributed by atoms with Crippen LogP contribution in [0.15, 0.2) is 85.2 Å². The summed E-state index contributed by atoms with van der Waals surface area (Å²) >= 11 is 8.46. The van der Waals surface area contributed by atoms with Gasteiger partial charge in [0, 0.05) is 111 Å². The summed E-state index contributed by atoms with van der Waals surface area (Å²) in [5, 5.41) is 74.3. The number of H-pyrrole nitrogens is 2. The predicted molar refractivity (Wildman–Crippen MR) is 474 cm³/mol. The monoisotopic (exact) mass is 1860 g/mol. The predicted octanol–water partition coefficient (Wildman–Crippen LogP) is -7.80. The molecular formula is C81H116N24O23S2. The Labute approximate surface area is 756 Å². The number of aliphatic hydroxyl groups is 1. The van der Waals surface area contributed by atoms with Gasteiger partial charge in [-0.1, -0.05) is 48.5 Å². The minimum Gasteiger partial charge on any atom is -0.508 e. The summed E-state index contributed by atoms with van der Waals surface area (Å²) in [4.78, 5) is 266. The molecule has 32 N–H and O–H groups in total. The maximum Gasteiger partial charge on any atom is 0.303 e. The van der Waals surface area contributed by atoms with E-state index in [1.807, 2.05) is 0 Å². The number of hydrogen-bond donors (Lipinski definition) is 28. The lowest BCUT2D eigenvalue weighted by atomic mass is 10.00. The molecular weight excluding hydrogens is 1740 g/mol. The van der Waals surface area contributed by atoms with E-state index in [0.717, 1.165) is 25.8 Å². The summed E-state index contributed by atoms with van der Waals surface area (Å²) in [6.07, 6.45) is -3.57.